The van der Waals surface area contributed by atoms with Crippen LogP contribution in [0.5, 0.6) is 23.0 Å². The van der Waals surface area contributed by atoms with Gasteiger partial charge < -0.3 is 28.7 Å². The fraction of sp³-hybridized carbons (Fsp3) is 0.345. The van der Waals surface area contributed by atoms with Gasteiger partial charge in [-0.3, -0.25) is 0 Å². The minimum Gasteiger partial charge on any atom is -0.497 e. The van der Waals surface area contributed by atoms with E-state index in [1.165, 1.54) is 60.8 Å². The molecule has 6 aromatic rings. The van der Waals surface area contributed by atoms with Crippen LogP contribution in [0.25, 0.3) is 6.08 Å². The normalized spacial score (nSPS) is 10.7. The Morgan fingerprint density at radius 2 is 0.829 bits per heavy atom. The number of anilines is 2. The molecule has 0 bridgehead atoms. The van der Waals surface area contributed by atoms with Gasteiger partial charge in [-0.05, 0) is 137 Å². The number of pyridine rings is 2. The first kappa shape index (κ1) is 58.5. The molecule has 6 rings (SSSR count). The molecule has 0 fully saturated rings. The molecule has 0 saturated carbocycles. The van der Waals surface area contributed by atoms with E-state index in [1.807, 2.05) is 67.0 Å². The van der Waals surface area contributed by atoms with Crippen LogP contribution in [0.15, 0.2) is 148 Å². The molecule has 0 radical (unpaired) electrons. The Morgan fingerprint density at radius 3 is 1.09 bits per heavy atom. The van der Waals surface area contributed by atoms with Gasteiger partial charge >= 0.3 is 102 Å². The van der Waals surface area contributed by atoms with E-state index in [9.17, 15) is 0 Å². The second-order valence-corrected chi connectivity index (χ2v) is 33.3. The monoisotopic (exact) mass is 1290 g/mol. The smallest absolute Gasteiger partial charge is 0.130 e. The third-order valence-electron chi connectivity index (χ3n) is 12.2. The van der Waals surface area contributed by atoms with Gasteiger partial charge in [-0.15, -0.1) is 0 Å². The topological polar surface area (TPSA) is 69.2 Å². The Hall–Kier alpha value is -4.05. The maximum atomic E-state index is 5.26. The molecule has 12 heteroatoms. The minimum absolute atomic E-state index is 0.725. The van der Waals surface area contributed by atoms with Crippen molar-refractivity contribution in [2.45, 2.75) is 98.8 Å². The van der Waals surface area contributed by atoms with Gasteiger partial charge in [-0.25, -0.2) is 9.97 Å². The molecule has 0 atom stereocenters. The molecule has 0 aliphatic rings. The average Bonchev–Trinajstić information content (AvgIpc) is 3.40. The summed E-state index contributed by atoms with van der Waals surface area (Å²) in [6.45, 7) is 17.9. The average molecular weight is 1300 g/mol. The molecule has 8 nitrogen and oxygen atoms in total. The van der Waals surface area contributed by atoms with Crippen molar-refractivity contribution in [1.29, 1.82) is 0 Å². The van der Waals surface area contributed by atoms with E-state index < -0.39 is 18.4 Å². The molecular weight excluding hydrogens is 1220 g/mol. The van der Waals surface area contributed by atoms with Gasteiger partial charge in [-0.1, -0.05) is 61.2 Å². The molecule has 0 N–H and O–H groups in total. The van der Waals surface area contributed by atoms with Gasteiger partial charge in [-0.2, -0.15) is 0 Å². The molecule has 0 spiro atoms. The van der Waals surface area contributed by atoms with Crippen LogP contribution in [0.4, 0.5) is 11.6 Å². The van der Waals surface area contributed by atoms with Crippen molar-refractivity contribution < 1.29 is 18.9 Å². The van der Waals surface area contributed by atoms with Crippen molar-refractivity contribution in [2.24, 2.45) is 0 Å². The van der Waals surface area contributed by atoms with Gasteiger partial charge in [0.25, 0.3) is 0 Å². The molecular formula is C58H73Br2IN4O4Sn. The van der Waals surface area contributed by atoms with E-state index in [0.717, 1.165) is 78.9 Å². The summed E-state index contributed by atoms with van der Waals surface area (Å²) in [5, 5.41) is 0. The summed E-state index contributed by atoms with van der Waals surface area (Å²) in [5.74, 6) is 5.23. The van der Waals surface area contributed by atoms with Gasteiger partial charge in [0.15, 0.2) is 0 Å². The Morgan fingerprint density at radius 1 is 0.514 bits per heavy atom. The molecule has 70 heavy (non-hydrogen) atoms. The second-order valence-electron chi connectivity index (χ2n) is 17.2. The first-order valence-corrected chi connectivity index (χ1v) is 34.6. The van der Waals surface area contributed by atoms with Crippen molar-refractivity contribution in [1.82, 2.24) is 9.97 Å². The zero-order valence-electron chi connectivity index (χ0n) is 42.4. The fourth-order valence-electron chi connectivity index (χ4n) is 7.84. The summed E-state index contributed by atoms with van der Waals surface area (Å²) in [5.41, 5.74) is 5.72. The van der Waals surface area contributed by atoms with E-state index >= 15 is 0 Å². The summed E-state index contributed by atoms with van der Waals surface area (Å²) < 4.78 is 31.3. The van der Waals surface area contributed by atoms with Crippen LogP contribution < -0.4 is 28.7 Å². The van der Waals surface area contributed by atoms with Crippen LogP contribution in [0.2, 0.25) is 13.3 Å². The van der Waals surface area contributed by atoms with Crippen LogP contribution in [0.3, 0.4) is 0 Å². The molecule has 0 saturated heterocycles. The molecule has 2 aromatic heterocycles. The third-order valence-corrected chi connectivity index (χ3v) is 29.1. The third kappa shape index (κ3) is 19.5. The van der Waals surface area contributed by atoms with Gasteiger partial charge in [0, 0.05) is 56.7 Å². The number of halogens is 3. The molecule has 0 aliphatic heterocycles. The first-order chi connectivity index (χ1) is 33.9. The zero-order chi connectivity index (χ0) is 50.7. The van der Waals surface area contributed by atoms with Crippen LogP contribution in [-0.2, 0) is 26.2 Å². The number of nitrogens with zero attached hydrogens (tertiary/aromatic N) is 4. The number of unbranched alkanes of at least 4 members (excludes halogenated alkanes) is 3. The van der Waals surface area contributed by atoms with Crippen LogP contribution in [0.1, 0.15) is 87.1 Å². The first-order valence-electron chi connectivity index (χ1n) is 24.2. The summed E-state index contributed by atoms with van der Waals surface area (Å²) in [6.07, 6.45) is 14.0. The predicted octanol–water partition coefficient (Wildman–Crippen LogP) is 16.9. The molecule has 0 aliphatic carbocycles. The van der Waals surface area contributed by atoms with E-state index in [0.29, 0.717) is 0 Å². The Labute approximate surface area is 454 Å². The summed E-state index contributed by atoms with van der Waals surface area (Å²) in [4.78, 5) is 13.8. The van der Waals surface area contributed by atoms with E-state index in [2.05, 4.69) is 167 Å². The van der Waals surface area contributed by atoms with E-state index in [4.69, 9.17) is 18.9 Å². The second kappa shape index (κ2) is 32.1. The number of hydrogen-bond donors (Lipinski definition) is 0. The summed E-state index contributed by atoms with van der Waals surface area (Å²) >= 11 is 7.65. The molecule has 2 heterocycles. The van der Waals surface area contributed by atoms with Crippen molar-refractivity contribution in [3.05, 3.63) is 179 Å². The Balaban J connectivity index is 0.000000240. The van der Waals surface area contributed by atoms with Crippen LogP contribution in [-0.4, -0.2) is 56.8 Å². The van der Waals surface area contributed by atoms with Crippen molar-refractivity contribution in [2.75, 3.05) is 38.2 Å². The summed E-state index contributed by atoms with van der Waals surface area (Å²) in [6, 6.07) is 36.6. The van der Waals surface area contributed by atoms with E-state index in [-0.39, 0.29) is 0 Å². The standard InChI is InChI=1S/C23H23BrN2O2.C21H20BrIN2O2.3C4H9.C2H3.Sn/c1-4-19-14-25-23(13-22(19)24)26(15-17-5-9-20(27-2)10-6-17)16-18-7-11-21(28-3)12-8-18;1-26-17-7-3-15(4-8-17)13-25(21-11-19(22)20(23)12-24-21)14-16-5-9-18(27-2)10-6-16;3*1-3-4-2;1-2;/h4-14H,1,15-16H2,2-3H3;3-12H,13-14H2,1-2H3;3*1,3-4H2,2H3;1H,2H2;. The summed E-state index contributed by atoms with van der Waals surface area (Å²) in [7, 11) is 6.71. The van der Waals surface area contributed by atoms with Gasteiger partial charge in [0.2, 0.25) is 0 Å². The maximum Gasteiger partial charge on any atom is 0.130 e. The number of hydrogen-bond acceptors (Lipinski definition) is 8. The van der Waals surface area contributed by atoms with Crippen LogP contribution >= 0.6 is 54.5 Å². The maximum absolute atomic E-state index is 5.26. The number of methoxy groups -OCH3 is 4. The van der Waals surface area contributed by atoms with Gasteiger partial charge in [0.05, 0.1) is 28.4 Å². The molecule has 4 aromatic carbocycles. The minimum atomic E-state index is -1.85. The molecule has 0 unspecified atom stereocenters. The molecule has 0 amide bonds. The largest absolute Gasteiger partial charge is 0.497 e. The fourth-order valence-corrected chi connectivity index (χ4v) is 21.9. The number of aromatic nitrogens is 2. The number of benzene rings is 4. The quantitative estimate of drug-likeness (QED) is 0.0415. The number of rotatable bonds is 25. The Bertz CT molecular complexity index is 2320. The Kier molecular flexibility index (Phi) is 26.8. The predicted molar refractivity (Wildman–Crippen MR) is 314 cm³/mol. The van der Waals surface area contributed by atoms with Crippen molar-refractivity contribution >= 4 is 90.5 Å². The zero-order valence-corrected chi connectivity index (χ0v) is 50.5. The van der Waals surface area contributed by atoms with Crippen LogP contribution in [0, 0.1) is 3.57 Å². The van der Waals surface area contributed by atoms with Crippen molar-refractivity contribution in [3.8, 4) is 23.0 Å². The van der Waals surface area contributed by atoms with Crippen molar-refractivity contribution in [3.63, 3.8) is 0 Å². The molecule has 374 valence electrons. The SMILES string of the molecule is C=Cc1cnc(N(Cc2ccc(OC)cc2)Cc2ccc(OC)cc2)cc1Br.C=[CH][Sn]([CH2]CCC)([CH2]CCC)[CH2]CCC.COc1ccc(CN(Cc2ccc(OC)cc2)c2cc(Br)c(I)cn2)cc1. The van der Waals surface area contributed by atoms with Gasteiger partial charge in [0.1, 0.15) is 34.6 Å². The number of ether oxygens (including phenoxy) is 4. The van der Waals surface area contributed by atoms with E-state index in [1.54, 1.807) is 47.8 Å².